The maximum Gasteiger partial charge on any atom is 0.230 e. The molecule has 1 heterocycles. The molecule has 0 saturated heterocycles. The zero-order chi connectivity index (χ0) is 14.7. The van der Waals surface area contributed by atoms with Crippen molar-refractivity contribution in [1.29, 1.82) is 0 Å². The van der Waals surface area contributed by atoms with E-state index in [9.17, 15) is 0 Å². The third kappa shape index (κ3) is 2.97. The average Bonchev–Trinajstić information content (AvgIpc) is 2.51. The number of rotatable bonds is 4. The van der Waals surface area contributed by atoms with Crippen molar-refractivity contribution in [2.75, 3.05) is 6.61 Å². The third-order valence-corrected chi connectivity index (χ3v) is 3.57. The van der Waals surface area contributed by atoms with Crippen LogP contribution in [0.5, 0.6) is 17.4 Å². The van der Waals surface area contributed by atoms with Gasteiger partial charge in [0.1, 0.15) is 17.8 Å². The number of ether oxygens (including phenoxy) is 2. The lowest BCUT2D eigenvalue weighted by Gasteiger charge is -2.09. The molecule has 0 bridgehead atoms. The molecule has 4 nitrogen and oxygen atoms in total. The lowest BCUT2D eigenvalue weighted by Crippen LogP contribution is -1.93. The summed E-state index contributed by atoms with van der Waals surface area (Å²) in [4.78, 5) is 8.48. The Morgan fingerprint density at radius 2 is 1.76 bits per heavy atom. The van der Waals surface area contributed by atoms with Crippen LogP contribution < -0.4 is 9.47 Å². The first-order valence-electron chi connectivity index (χ1n) is 6.58. The van der Waals surface area contributed by atoms with Gasteiger partial charge in [0.2, 0.25) is 5.88 Å². The maximum atomic E-state index is 5.85. The third-order valence-electron chi connectivity index (χ3n) is 2.93. The van der Waals surface area contributed by atoms with Gasteiger partial charge < -0.3 is 9.47 Å². The van der Waals surface area contributed by atoms with Crippen LogP contribution >= 0.6 is 15.9 Å². The summed E-state index contributed by atoms with van der Waals surface area (Å²) in [5.41, 5.74) is 0.827. The van der Waals surface area contributed by atoms with E-state index in [0.717, 1.165) is 21.1 Å². The highest BCUT2D eigenvalue weighted by molar-refractivity contribution is 9.10. The number of aromatic nitrogens is 2. The average molecular weight is 345 g/mol. The Labute approximate surface area is 130 Å². The monoisotopic (exact) mass is 344 g/mol. The molecule has 0 saturated carbocycles. The van der Waals surface area contributed by atoms with Gasteiger partial charge in [-0.15, -0.1) is 0 Å². The van der Waals surface area contributed by atoms with Crippen LogP contribution in [0, 0.1) is 0 Å². The minimum Gasteiger partial charge on any atom is -0.494 e. The molecule has 0 unspecified atom stereocenters. The van der Waals surface area contributed by atoms with Crippen molar-refractivity contribution < 1.29 is 9.47 Å². The van der Waals surface area contributed by atoms with Crippen LogP contribution in [0.2, 0.25) is 0 Å². The summed E-state index contributed by atoms with van der Waals surface area (Å²) in [5, 5.41) is 0.862. The molecule has 0 aliphatic heterocycles. The van der Waals surface area contributed by atoms with Crippen molar-refractivity contribution >= 4 is 26.8 Å². The topological polar surface area (TPSA) is 44.2 Å². The highest BCUT2D eigenvalue weighted by atomic mass is 79.9. The summed E-state index contributed by atoms with van der Waals surface area (Å²) in [6, 6.07) is 13.3. The van der Waals surface area contributed by atoms with E-state index >= 15 is 0 Å². The zero-order valence-corrected chi connectivity index (χ0v) is 13.0. The molecular weight excluding hydrogens is 332 g/mol. The van der Waals surface area contributed by atoms with Gasteiger partial charge in [0.15, 0.2) is 0 Å². The van der Waals surface area contributed by atoms with Crippen LogP contribution in [0.3, 0.4) is 0 Å². The molecule has 0 aliphatic rings. The predicted octanol–water partition coefficient (Wildman–Crippen LogP) is 4.58. The van der Waals surface area contributed by atoms with E-state index in [2.05, 4.69) is 25.9 Å². The first-order chi connectivity index (χ1) is 10.3. The van der Waals surface area contributed by atoms with Crippen LogP contribution in [0.15, 0.2) is 53.3 Å². The molecule has 0 atom stereocenters. The summed E-state index contributed by atoms with van der Waals surface area (Å²) >= 11 is 3.48. The fourth-order valence-corrected chi connectivity index (χ4v) is 2.46. The first kappa shape index (κ1) is 13.8. The Balaban J connectivity index is 1.93. The fourth-order valence-electron chi connectivity index (χ4n) is 1.99. The van der Waals surface area contributed by atoms with E-state index in [4.69, 9.17) is 9.47 Å². The van der Waals surface area contributed by atoms with Gasteiger partial charge >= 0.3 is 0 Å². The molecule has 0 amide bonds. The Kier molecular flexibility index (Phi) is 4.01. The normalized spacial score (nSPS) is 10.6. The van der Waals surface area contributed by atoms with Gasteiger partial charge in [-0.3, -0.25) is 0 Å². The second kappa shape index (κ2) is 6.10. The van der Waals surface area contributed by atoms with E-state index in [-0.39, 0.29) is 0 Å². The Morgan fingerprint density at radius 3 is 2.52 bits per heavy atom. The zero-order valence-electron chi connectivity index (χ0n) is 11.4. The number of para-hydroxylation sites is 1. The number of hydrogen-bond donors (Lipinski definition) is 0. The number of halogens is 1. The quantitative estimate of drug-likeness (QED) is 0.694. The summed E-state index contributed by atoms with van der Waals surface area (Å²) < 4.78 is 12.2. The fraction of sp³-hybridized carbons (Fsp3) is 0.125. The summed E-state index contributed by atoms with van der Waals surface area (Å²) in [5.74, 6) is 2.06. The van der Waals surface area contributed by atoms with Crippen LogP contribution in [0.1, 0.15) is 6.92 Å². The molecule has 0 spiro atoms. The van der Waals surface area contributed by atoms with E-state index in [1.807, 2.05) is 49.4 Å². The van der Waals surface area contributed by atoms with Gasteiger partial charge in [-0.05, 0) is 59.3 Å². The summed E-state index contributed by atoms with van der Waals surface area (Å²) in [7, 11) is 0. The standard InChI is InChI=1S/C16H13BrN2O2/c1-2-20-11-6-8-12(9-7-11)21-16-13-4-3-5-14(17)15(13)18-10-19-16/h3-10H,2H2,1H3. The Hall–Kier alpha value is -2.14. The lowest BCUT2D eigenvalue weighted by molar-refractivity contribution is 0.339. The largest absolute Gasteiger partial charge is 0.494 e. The van der Waals surface area contributed by atoms with Crippen molar-refractivity contribution in [2.45, 2.75) is 6.92 Å². The molecule has 1 aromatic heterocycles. The maximum absolute atomic E-state index is 5.85. The number of fused-ring (bicyclic) bond motifs is 1. The lowest BCUT2D eigenvalue weighted by atomic mass is 10.2. The molecule has 3 rings (SSSR count). The highest BCUT2D eigenvalue weighted by Crippen LogP contribution is 2.30. The molecular formula is C16H13BrN2O2. The van der Waals surface area contributed by atoms with Crippen molar-refractivity contribution in [2.24, 2.45) is 0 Å². The first-order valence-corrected chi connectivity index (χ1v) is 7.37. The van der Waals surface area contributed by atoms with Gasteiger partial charge in [-0.25, -0.2) is 9.97 Å². The van der Waals surface area contributed by atoms with Crippen molar-refractivity contribution in [1.82, 2.24) is 9.97 Å². The molecule has 2 aromatic carbocycles. The SMILES string of the molecule is CCOc1ccc(Oc2ncnc3c(Br)cccc23)cc1. The molecule has 0 fully saturated rings. The second-order valence-electron chi connectivity index (χ2n) is 4.32. The van der Waals surface area contributed by atoms with Gasteiger partial charge in [-0.2, -0.15) is 0 Å². The molecule has 0 radical (unpaired) electrons. The molecule has 106 valence electrons. The van der Waals surface area contributed by atoms with E-state index in [1.54, 1.807) is 0 Å². The number of hydrogen-bond acceptors (Lipinski definition) is 4. The highest BCUT2D eigenvalue weighted by Gasteiger charge is 2.08. The minimum absolute atomic E-state index is 0.533. The number of benzene rings is 2. The van der Waals surface area contributed by atoms with Crippen LogP contribution in [-0.2, 0) is 0 Å². The van der Waals surface area contributed by atoms with E-state index in [0.29, 0.717) is 18.2 Å². The van der Waals surface area contributed by atoms with Gasteiger partial charge in [0, 0.05) is 4.47 Å². The molecule has 3 aromatic rings. The van der Waals surface area contributed by atoms with Crippen LogP contribution in [-0.4, -0.2) is 16.6 Å². The Morgan fingerprint density at radius 1 is 1.00 bits per heavy atom. The van der Waals surface area contributed by atoms with Gasteiger partial charge in [-0.1, -0.05) is 6.07 Å². The van der Waals surface area contributed by atoms with Crippen molar-refractivity contribution in [3.63, 3.8) is 0 Å². The van der Waals surface area contributed by atoms with Crippen molar-refractivity contribution in [3.8, 4) is 17.4 Å². The van der Waals surface area contributed by atoms with Gasteiger partial charge in [0.25, 0.3) is 0 Å². The Bertz CT molecular complexity index is 760. The molecule has 21 heavy (non-hydrogen) atoms. The molecule has 0 aliphatic carbocycles. The van der Waals surface area contributed by atoms with Crippen LogP contribution in [0.25, 0.3) is 10.9 Å². The van der Waals surface area contributed by atoms with Gasteiger partial charge in [0.05, 0.1) is 17.5 Å². The number of nitrogens with zero attached hydrogens (tertiary/aromatic N) is 2. The summed E-state index contributed by atoms with van der Waals surface area (Å²) in [6.45, 7) is 2.60. The van der Waals surface area contributed by atoms with Crippen molar-refractivity contribution in [3.05, 3.63) is 53.3 Å². The molecule has 5 heteroatoms. The van der Waals surface area contributed by atoms with E-state index in [1.165, 1.54) is 6.33 Å². The predicted molar refractivity (Wildman–Crippen MR) is 84.9 cm³/mol. The van der Waals surface area contributed by atoms with Crippen LogP contribution in [0.4, 0.5) is 0 Å². The van der Waals surface area contributed by atoms with E-state index < -0.39 is 0 Å². The molecule has 0 N–H and O–H groups in total. The smallest absolute Gasteiger partial charge is 0.230 e. The minimum atomic E-state index is 0.533. The summed E-state index contributed by atoms with van der Waals surface area (Å²) in [6.07, 6.45) is 1.50. The second-order valence-corrected chi connectivity index (χ2v) is 5.18.